The van der Waals surface area contributed by atoms with Crippen molar-refractivity contribution in [1.82, 2.24) is 4.90 Å². The van der Waals surface area contributed by atoms with Crippen LogP contribution in [0, 0.1) is 10.1 Å². The van der Waals surface area contributed by atoms with Gasteiger partial charge in [0.2, 0.25) is 5.91 Å². The van der Waals surface area contributed by atoms with Gasteiger partial charge in [-0.05, 0) is 47.4 Å². The van der Waals surface area contributed by atoms with Gasteiger partial charge in [-0.15, -0.1) is 11.3 Å². The number of non-ortho nitro benzene ring substituents is 1. The number of carbonyl (C=O) groups is 1. The summed E-state index contributed by atoms with van der Waals surface area (Å²) in [5.74, 6) is 0.548. The van der Waals surface area contributed by atoms with Gasteiger partial charge in [0.15, 0.2) is 0 Å². The average Bonchev–Trinajstić information content (AvgIpc) is 3.33. The third kappa shape index (κ3) is 4.67. The lowest BCUT2D eigenvalue weighted by Crippen LogP contribution is -2.27. The molecular formula is C19H16N2O4S. The molecule has 0 saturated carbocycles. The van der Waals surface area contributed by atoms with E-state index in [1.165, 1.54) is 18.2 Å². The molecule has 0 spiro atoms. The number of benzene rings is 1. The normalized spacial score (nSPS) is 10.9. The summed E-state index contributed by atoms with van der Waals surface area (Å²) < 4.78 is 5.35. The fraction of sp³-hybridized carbons (Fsp3) is 0.105. The van der Waals surface area contributed by atoms with E-state index in [1.807, 2.05) is 23.6 Å². The lowest BCUT2D eigenvalue weighted by Gasteiger charge is -2.19. The SMILES string of the molecule is O=C(/C=C/c1ccc([N+](=O)[O-])cc1)N(Cc1ccco1)Cc1cccs1. The Hall–Kier alpha value is -3.19. The van der Waals surface area contributed by atoms with E-state index >= 15 is 0 Å². The molecule has 2 aromatic heterocycles. The lowest BCUT2D eigenvalue weighted by atomic mass is 10.2. The zero-order valence-electron chi connectivity index (χ0n) is 13.8. The van der Waals surface area contributed by atoms with Gasteiger partial charge in [0.25, 0.3) is 5.69 Å². The second kappa shape index (κ2) is 8.26. The summed E-state index contributed by atoms with van der Waals surface area (Å²) in [6, 6.07) is 13.6. The molecule has 0 bridgehead atoms. The number of thiophene rings is 1. The number of carbonyl (C=O) groups excluding carboxylic acids is 1. The Morgan fingerprint density at radius 1 is 1.15 bits per heavy atom. The van der Waals surface area contributed by atoms with Crippen LogP contribution in [0.25, 0.3) is 6.08 Å². The van der Waals surface area contributed by atoms with E-state index in [2.05, 4.69) is 0 Å². The van der Waals surface area contributed by atoms with Crippen LogP contribution in [0.3, 0.4) is 0 Å². The maximum Gasteiger partial charge on any atom is 0.269 e. The Labute approximate surface area is 154 Å². The van der Waals surface area contributed by atoms with Crippen molar-refractivity contribution in [2.75, 3.05) is 0 Å². The maximum absolute atomic E-state index is 12.6. The monoisotopic (exact) mass is 368 g/mol. The number of amides is 1. The molecule has 0 N–H and O–H groups in total. The number of nitro groups is 1. The van der Waals surface area contributed by atoms with Gasteiger partial charge in [0.05, 0.1) is 24.3 Å². The van der Waals surface area contributed by atoms with Crippen molar-refractivity contribution >= 4 is 29.0 Å². The first-order valence-corrected chi connectivity index (χ1v) is 8.76. The number of nitrogens with zero attached hydrogens (tertiary/aromatic N) is 2. The van der Waals surface area contributed by atoms with E-state index in [-0.39, 0.29) is 11.6 Å². The van der Waals surface area contributed by atoms with Crippen molar-refractivity contribution in [1.29, 1.82) is 0 Å². The van der Waals surface area contributed by atoms with Crippen LogP contribution >= 0.6 is 11.3 Å². The van der Waals surface area contributed by atoms with E-state index in [9.17, 15) is 14.9 Å². The molecule has 0 aliphatic heterocycles. The van der Waals surface area contributed by atoms with Crippen LogP contribution in [0.2, 0.25) is 0 Å². The van der Waals surface area contributed by atoms with E-state index in [0.29, 0.717) is 18.8 Å². The lowest BCUT2D eigenvalue weighted by molar-refractivity contribution is -0.384. The average molecular weight is 368 g/mol. The molecule has 0 aliphatic rings. The van der Waals surface area contributed by atoms with Gasteiger partial charge in [0, 0.05) is 23.1 Å². The zero-order chi connectivity index (χ0) is 18.4. The number of hydrogen-bond acceptors (Lipinski definition) is 5. The largest absolute Gasteiger partial charge is 0.467 e. The van der Waals surface area contributed by atoms with Gasteiger partial charge in [-0.2, -0.15) is 0 Å². The topological polar surface area (TPSA) is 76.6 Å². The van der Waals surface area contributed by atoms with Crippen LogP contribution in [0.4, 0.5) is 5.69 Å². The van der Waals surface area contributed by atoms with Crippen LogP contribution < -0.4 is 0 Å². The van der Waals surface area contributed by atoms with E-state index in [4.69, 9.17) is 4.42 Å². The molecule has 2 heterocycles. The van der Waals surface area contributed by atoms with Crippen molar-refractivity contribution < 1.29 is 14.1 Å². The van der Waals surface area contributed by atoms with Crippen LogP contribution in [0.5, 0.6) is 0 Å². The third-order valence-corrected chi connectivity index (χ3v) is 4.55. The van der Waals surface area contributed by atoms with Crippen molar-refractivity contribution in [3.05, 3.63) is 92.6 Å². The van der Waals surface area contributed by atoms with Crippen molar-refractivity contribution in [3.63, 3.8) is 0 Å². The van der Waals surface area contributed by atoms with Crippen molar-refractivity contribution in [2.45, 2.75) is 13.1 Å². The number of rotatable bonds is 7. The van der Waals surface area contributed by atoms with Gasteiger partial charge in [0.1, 0.15) is 5.76 Å². The highest BCUT2D eigenvalue weighted by Crippen LogP contribution is 2.17. The molecule has 0 fully saturated rings. The van der Waals surface area contributed by atoms with Crippen LogP contribution in [0.15, 0.2) is 70.7 Å². The predicted octanol–water partition coefficient (Wildman–Crippen LogP) is 4.49. The smallest absolute Gasteiger partial charge is 0.269 e. The van der Waals surface area contributed by atoms with Crippen LogP contribution in [0.1, 0.15) is 16.2 Å². The summed E-state index contributed by atoms with van der Waals surface area (Å²) in [5, 5.41) is 12.7. The molecule has 26 heavy (non-hydrogen) atoms. The molecule has 1 amide bonds. The number of furan rings is 1. The van der Waals surface area contributed by atoms with Crippen LogP contribution in [-0.2, 0) is 17.9 Å². The van der Waals surface area contributed by atoms with Crippen molar-refractivity contribution in [2.24, 2.45) is 0 Å². The first-order chi connectivity index (χ1) is 12.6. The Bertz CT molecular complexity index is 848. The molecule has 0 atom stereocenters. The Balaban J connectivity index is 1.72. The molecule has 6 nitrogen and oxygen atoms in total. The fourth-order valence-corrected chi connectivity index (χ4v) is 3.09. The highest BCUT2D eigenvalue weighted by Gasteiger charge is 2.14. The zero-order valence-corrected chi connectivity index (χ0v) is 14.6. The molecular weight excluding hydrogens is 352 g/mol. The summed E-state index contributed by atoms with van der Waals surface area (Å²) in [6.45, 7) is 0.857. The van der Waals surface area contributed by atoms with Gasteiger partial charge < -0.3 is 9.32 Å². The molecule has 132 valence electrons. The number of nitro benzene ring substituents is 1. The standard InChI is InChI=1S/C19H16N2O4S/c22-19(10-7-15-5-8-16(9-6-15)21(23)24)20(13-17-3-1-11-25-17)14-18-4-2-12-26-18/h1-12H,13-14H2/b10-7+. The fourth-order valence-electron chi connectivity index (χ4n) is 2.37. The molecule has 0 saturated heterocycles. The molecule has 0 aliphatic carbocycles. The van der Waals surface area contributed by atoms with Gasteiger partial charge in [-0.3, -0.25) is 14.9 Å². The Morgan fingerprint density at radius 3 is 2.58 bits per heavy atom. The van der Waals surface area contributed by atoms with Crippen LogP contribution in [-0.4, -0.2) is 15.7 Å². The summed E-state index contributed by atoms with van der Waals surface area (Å²) in [6.07, 6.45) is 4.70. The van der Waals surface area contributed by atoms with Gasteiger partial charge in [-0.1, -0.05) is 6.07 Å². The summed E-state index contributed by atoms with van der Waals surface area (Å²) in [7, 11) is 0. The highest BCUT2D eigenvalue weighted by molar-refractivity contribution is 7.09. The molecule has 1 aromatic carbocycles. The summed E-state index contributed by atoms with van der Waals surface area (Å²) >= 11 is 1.59. The minimum absolute atomic E-state index is 0.0191. The summed E-state index contributed by atoms with van der Waals surface area (Å²) in [5.41, 5.74) is 0.739. The highest BCUT2D eigenvalue weighted by atomic mass is 32.1. The first kappa shape index (κ1) is 17.6. The molecule has 7 heteroatoms. The van der Waals surface area contributed by atoms with Crippen molar-refractivity contribution in [3.8, 4) is 0 Å². The predicted molar refractivity (Wildman–Crippen MR) is 99.4 cm³/mol. The van der Waals surface area contributed by atoms with E-state index < -0.39 is 4.92 Å². The van der Waals surface area contributed by atoms with Gasteiger partial charge in [-0.25, -0.2) is 0 Å². The van der Waals surface area contributed by atoms with E-state index in [1.54, 1.807) is 46.8 Å². The minimum Gasteiger partial charge on any atom is -0.467 e. The molecule has 0 unspecified atom stereocenters. The van der Waals surface area contributed by atoms with Gasteiger partial charge >= 0.3 is 0 Å². The third-order valence-electron chi connectivity index (χ3n) is 3.69. The maximum atomic E-state index is 12.6. The number of hydrogen-bond donors (Lipinski definition) is 0. The Kier molecular flexibility index (Phi) is 5.60. The molecule has 3 aromatic rings. The molecule has 3 rings (SSSR count). The van der Waals surface area contributed by atoms with E-state index in [0.717, 1.165) is 10.4 Å². The molecule has 0 radical (unpaired) electrons. The minimum atomic E-state index is -0.454. The first-order valence-electron chi connectivity index (χ1n) is 7.88. The summed E-state index contributed by atoms with van der Waals surface area (Å²) in [4.78, 5) is 25.6. The Morgan fingerprint density at radius 2 is 1.96 bits per heavy atom. The second-order valence-corrected chi connectivity index (χ2v) is 6.57. The quantitative estimate of drug-likeness (QED) is 0.350. The second-order valence-electron chi connectivity index (χ2n) is 5.54.